The fourth-order valence-corrected chi connectivity index (χ4v) is 14.7. The Kier molecular flexibility index (Phi) is 52.5. The Morgan fingerprint density at radius 2 is 1.02 bits per heavy atom. The minimum Gasteiger partial charge on any atom is -0.507 e. The van der Waals surface area contributed by atoms with E-state index in [4.69, 9.17) is 38.9 Å². The van der Waals surface area contributed by atoms with Crippen molar-refractivity contribution in [3.8, 4) is 5.75 Å². The molecule has 1 saturated heterocycles. The van der Waals surface area contributed by atoms with Gasteiger partial charge >= 0.3 is 5.97 Å². The molecule has 45 nitrogen and oxygen atoms in total. The molecule has 1 aromatic carbocycles. The largest absolute Gasteiger partial charge is 0.507 e. The van der Waals surface area contributed by atoms with Crippen LogP contribution in [0.3, 0.4) is 0 Å². The number of carboxylic acid groups (broad SMARTS) is 1. The molecular weight excluding hydrogens is 1830 g/mol. The summed E-state index contributed by atoms with van der Waals surface area (Å²) in [7, 11) is 12.9. The van der Waals surface area contributed by atoms with Gasteiger partial charge in [0.1, 0.15) is 84.3 Å². The zero-order valence-electron chi connectivity index (χ0n) is 78.2. The number of nitrogens with two attached hydrogens (primary N) is 4. The van der Waals surface area contributed by atoms with E-state index in [1.165, 1.54) is 39.0 Å². The molecule has 0 saturated carbocycles. The Morgan fingerprint density at radius 1 is 0.561 bits per heavy atom. The van der Waals surface area contributed by atoms with Gasteiger partial charge in [-0.15, -0.1) is 0 Å². The SMILES string of the molecule is [B]N(CCC(CCNC(=O)CNC[C@H](CCCCN)NC(=O)[C@H](CC(C)C)NC(=O)[C@H](CC(C)C)NC(=O)[C@@H](NC(=O)[C@H](Cc1ccc(O)c(I)c1)NC(=O)[C@@H]1CCCN1C(=O)[C@H](CO)NC(=O)[C@@H](NC(=O)[C@H](CCC(N)=O)NC(=O)[C@H](CCC(=O)O)NC(=O)[C@H](CCC(N)=O)NC(=O)[C@H](CC(N)=O)NC(C)=O)C(C)C)[C@H](C)O)CCN([B])C(C)(C)C(C)N=O)C(C)(C)C(C)N=O. The van der Waals surface area contributed by atoms with Crippen molar-refractivity contribution in [2.75, 3.05) is 52.4 Å². The molecule has 2 rings (SSSR count). The van der Waals surface area contributed by atoms with Crippen molar-refractivity contribution in [1.29, 1.82) is 0 Å². The van der Waals surface area contributed by atoms with Gasteiger partial charge in [0.15, 0.2) is 16.0 Å². The summed E-state index contributed by atoms with van der Waals surface area (Å²) in [5, 5.41) is 82.1. The number of aliphatic carboxylic acids is 1. The van der Waals surface area contributed by atoms with E-state index in [1.54, 1.807) is 37.3 Å². The highest BCUT2D eigenvalue weighted by molar-refractivity contribution is 14.1. The van der Waals surface area contributed by atoms with E-state index in [9.17, 15) is 112 Å². The number of phenolic OH excluding ortho intramolecular Hbond substituents is 1. The quantitative estimate of drug-likeness (QED) is 0.0130. The number of phenols is 1. The van der Waals surface area contributed by atoms with E-state index in [0.717, 1.165) is 11.8 Å². The number of hydrogen-bond donors (Lipinski definition) is 21. The molecule has 15 atom stereocenters. The number of aliphatic hydroxyl groups is 2. The maximum atomic E-state index is 14.8. The molecule has 25 N–H and O–H groups in total. The van der Waals surface area contributed by atoms with Crippen LogP contribution in [-0.2, 0) is 87.9 Å². The van der Waals surface area contributed by atoms with Gasteiger partial charge in [0.05, 0.1) is 29.2 Å². The number of aliphatic hydroxyl groups excluding tert-OH is 2. The van der Waals surface area contributed by atoms with Crippen molar-refractivity contribution in [2.24, 2.45) is 57.0 Å². The Bertz CT molecular complexity index is 4010. The highest BCUT2D eigenvalue weighted by Crippen LogP contribution is 2.27. The molecule has 48 heteroatoms. The van der Waals surface area contributed by atoms with Crippen LogP contribution in [0.2, 0.25) is 0 Å². The maximum absolute atomic E-state index is 14.8. The number of nitrogens with zero attached hydrogens (tertiary/aromatic N) is 5. The van der Waals surface area contributed by atoms with Crippen LogP contribution in [0.15, 0.2) is 28.6 Å². The molecular formula is C84H141B2IN22O23. The van der Waals surface area contributed by atoms with Crippen LogP contribution in [0.1, 0.15) is 212 Å². The van der Waals surface area contributed by atoms with Crippen molar-refractivity contribution < 1.29 is 102 Å². The molecule has 1 aliphatic rings. The molecule has 0 bridgehead atoms. The van der Waals surface area contributed by atoms with E-state index >= 15 is 0 Å². The Morgan fingerprint density at radius 3 is 1.47 bits per heavy atom. The van der Waals surface area contributed by atoms with Crippen LogP contribution in [0, 0.1) is 37.1 Å². The van der Waals surface area contributed by atoms with E-state index in [2.05, 4.69) is 79.5 Å². The topological polar surface area (TPSA) is 700 Å². The number of rotatable bonds is 65. The predicted molar refractivity (Wildman–Crippen MR) is 496 cm³/mol. The maximum Gasteiger partial charge on any atom is 0.303 e. The van der Waals surface area contributed by atoms with Crippen molar-refractivity contribution >= 4 is 139 Å². The van der Waals surface area contributed by atoms with Crippen LogP contribution < -0.4 is 92.1 Å². The lowest BCUT2D eigenvalue weighted by molar-refractivity contribution is -0.143. The molecule has 1 heterocycles. The Balaban J connectivity index is 2.46. The van der Waals surface area contributed by atoms with Crippen LogP contribution in [0.5, 0.6) is 5.75 Å². The van der Waals surface area contributed by atoms with Crippen LogP contribution in [-0.4, -0.2) is 306 Å². The monoisotopic (exact) mass is 1970 g/mol. The summed E-state index contributed by atoms with van der Waals surface area (Å²) in [6, 6.07) is -15.6. The number of nitroso groups, excluding NO2 is 2. The zero-order valence-corrected chi connectivity index (χ0v) is 80.4. The Hall–Kier alpha value is -10.2. The van der Waals surface area contributed by atoms with Crippen LogP contribution >= 0.6 is 22.6 Å². The van der Waals surface area contributed by atoms with Gasteiger partial charge in [0.25, 0.3) is 0 Å². The molecule has 1 aromatic rings. The lowest BCUT2D eigenvalue weighted by atomic mass is 9.87. The average molecular weight is 1980 g/mol. The number of carbonyl (C=O) groups excluding carboxylic acids is 16. The number of halogens is 1. The minimum atomic E-state index is -1.88. The number of unbranched alkanes of at least 4 members (excludes halogenated alkanes) is 1. The fourth-order valence-electron chi connectivity index (χ4n) is 14.1. The molecule has 16 amide bonds. The number of carboxylic acids is 1. The number of aromatic hydroxyl groups is 1. The molecule has 0 aromatic heterocycles. The van der Waals surface area contributed by atoms with E-state index in [1.807, 2.05) is 64.1 Å². The summed E-state index contributed by atoms with van der Waals surface area (Å²) in [4.78, 5) is 258. The smallest absolute Gasteiger partial charge is 0.303 e. The highest BCUT2D eigenvalue weighted by atomic mass is 127. The number of nitrogens with one attached hydrogen (secondary N) is 13. The van der Waals surface area contributed by atoms with E-state index in [-0.39, 0.29) is 87.7 Å². The van der Waals surface area contributed by atoms with Gasteiger partial charge in [-0.05, 0) is 209 Å². The highest BCUT2D eigenvalue weighted by Gasteiger charge is 2.43. The minimum absolute atomic E-state index is 0.0253. The van der Waals surface area contributed by atoms with Crippen molar-refractivity contribution in [1.82, 2.24) is 83.6 Å². The number of hydrogen-bond acceptors (Lipinski definition) is 28. The number of primary amides is 3. The van der Waals surface area contributed by atoms with Gasteiger partial charge in [0, 0.05) is 69.4 Å². The van der Waals surface area contributed by atoms with Crippen LogP contribution in [0.4, 0.5) is 0 Å². The van der Waals surface area contributed by atoms with Gasteiger partial charge in [-0.3, -0.25) is 81.5 Å². The van der Waals surface area contributed by atoms with Gasteiger partial charge in [0.2, 0.25) is 94.5 Å². The first-order chi connectivity index (χ1) is 61.6. The summed E-state index contributed by atoms with van der Waals surface area (Å²) in [5.41, 5.74) is 20.7. The average Bonchev–Trinajstić information content (AvgIpc) is 1.63. The number of amides is 16. The van der Waals surface area contributed by atoms with Gasteiger partial charge < -0.3 is 127 Å². The lowest BCUT2D eigenvalue weighted by Gasteiger charge is -2.40. The molecule has 0 aliphatic carbocycles. The first-order valence-corrected chi connectivity index (χ1v) is 45.6. The van der Waals surface area contributed by atoms with Gasteiger partial charge in [-0.1, -0.05) is 64.4 Å². The molecule has 0 spiro atoms. The summed E-state index contributed by atoms with van der Waals surface area (Å²) in [6.45, 7) is 23.0. The van der Waals surface area contributed by atoms with Crippen molar-refractivity contribution in [3.05, 3.63) is 37.1 Å². The third kappa shape index (κ3) is 42.0. The predicted octanol–water partition coefficient (Wildman–Crippen LogP) is -3.47. The zero-order chi connectivity index (χ0) is 100. The Labute approximate surface area is 787 Å². The van der Waals surface area contributed by atoms with Gasteiger partial charge in [-0.25, -0.2) is 0 Å². The number of likely N-dealkylation sites (tertiary alicyclic amines) is 1. The summed E-state index contributed by atoms with van der Waals surface area (Å²) in [5.74, 6) is -18.6. The van der Waals surface area contributed by atoms with Gasteiger partial charge in [-0.2, -0.15) is 9.81 Å². The molecule has 1 aliphatic heterocycles. The normalized spacial score (nSPS) is 16.3. The summed E-state index contributed by atoms with van der Waals surface area (Å²) < 4.78 is 0.325. The van der Waals surface area contributed by atoms with E-state index < -0.39 is 254 Å². The lowest BCUT2D eigenvalue weighted by Crippen LogP contribution is -2.62. The second kappa shape index (κ2) is 58.8. The second-order valence-electron chi connectivity index (χ2n) is 35.8. The van der Waals surface area contributed by atoms with E-state index in [0.29, 0.717) is 67.3 Å². The number of carbonyl (C=O) groups is 17. The molecule has 132 heavy (non-hydrogen) atoms. The second-order valence-corrected chi connectivity index (χ2v) is 37.0. The first-order valence-electron chi connectivity index (χ1n) is 44.5. The molecule has 1 fully saturated rings. The first kappa shape index (κ1) is 118. The fraction of sp³-hybridized carbons (Fsp3) is 0.726. The van der Waals surface area contributed by atoms with Crippen LogP contribution in [0.25, 0.3) is 0 Å². The standard InChI is InChI=1S/C84H141B2IN22O23/c1-44(2)36-58(75(123)95-53(18-15-16-31-88)41-92-42-68(117)93-32-28-51(29-34-108(85)83(11,12)48(8)105-131)30-35-109(86)84(13,14)49(9)106-132)99-76(124)59(37-45(3)4)101-81(129)71(47(7)111)104-78(126)60(39-52-20-24-64(113)54(87)38-52)100-79(127)63-19-17-33-107(63)82(130)62(43-110)102-80(128)70(46(5)6)103-74(122)56(22-26-66(90)115)96-73(121)57(23-27-69(118)119)97-72(120)55(21-25-65(89)114)98-77(125)61(40-67(91)116)94-50(10)112/h20,24,38,44-49,51,53,55-63,70-71,92,110-111,113H,15-19,21-23,25-37,39-43,88H2,1-14H3,(H2,89,114)(H2,90,115)(H2,91,116)(H,93,117)(H,94,112)(H,95,123)(H,96,121)(H,97,120)(H,98,125)(H,99,124)(H,100,127)(H,101,129)(H,102,128)(H,103,122)(H,104,126)(H,118,119)/t47-,48?,49?,51?,53-,55-,56-,57-,58-,59-,60-,61-,62-,63-,70-,71-/m0/s1. The van der Waals surface area contributed by atoms with Crippen molar-refractivity contribution in [2.45, 2.75) is 314 Å². The summed E-state index contributed by atoms with van der Waals surface area (Å²) >= 11 is 1.83. The molecule has 738 valence electrons. The van der Waals surface area contributed by atoms with Crippen molar-refractivity contribution in [3.63, 3.8) is 0 Å². The number of benzene rings is 1. The third-order valence-corrected chi connectivity index (χ3v) is 23.9. The third-order valence-electron chi connectivity index (χ3n) is 23.0. The molecule has 4 radical (unpaired) electrons. The molecule has 2 unspecified atom stereocenters. The summed E-state index contributed by atoms with van der Waals surface area (Å²) in [6.07, 6.45) is -3.18.